The zero-order valence-corrected chi connectivity index (χ0v) is 12.7. The van der Waals surface area contributed by atoms with Crippen molar-refractivity contribution < 1.29 is 14.6 Å². The van der Waals surface area contributed by atoms with Gasteiger partial charge in [0.2, 0.25) is 0 Å². The second-order valence-electron chi connectivity index (χ2n) is 5.90. The number of esters is 1. The molecule has 0 atom stereocenters. The van der Waals surface area contributed by atoms with Gasteiger partial charge in [-0.1, -0.05) is 30.4 Å². The van der Waals surface area contributed by atoms with Crippen LogP contribution in [0.5, 0.6) is 0 Å². The average molecular weight is 287 g/mol. The van der Waals surface area contributed by atoms with Crippen LogP contribution in [0.25, 0.3) is 17.0 Å². The van der Waals surface area contributed by atoms with Crippen molar-refractivity contribution in [2.45, 2.75) is 32.9 Å². The minimum absolute atomic E-state index is 0.00836. The van der Waals surface area contributed by atoms with Gasteiger partial charge in [-0.05, 0) is 32.4 Å². The first-order valence-electron chi connectivity index (χ1n) is 6.98. The number of hydrogen-bond donors (Lipinski definition) is 1. The summed E-state index contributed by atoms with van der Waals surface area (Å²) in [5, 5.41) is 9.96. The normalized spacial score (nSPS) is 12.2. The number of nitrogens with zero attached hydrogens (tertiary/aromatic N) is 1. The molecule has 1 aromatic carbocycles. The highest BCUT2D eigenvalue weighted by molar-refractivity contribution is 5.90. The van der Waals surface area contributed by atoms with E-state index >= 15 is 0 Å². The molecule has 0 fully saturated rings. The maximum Gasteiger partial charge on any atom is 0.326 e. The zero-order chi connectivity index (χ0) is 15.5. The highest BCUT2D eigenvalue weighted by Crippen LogP contribution is 2.23. The van der Waals surface area contributed by atoms with Crippen molar-refractivity contribution in [2.75, 3.05) is 6.61 Å². The summed E-state index contributed by atoms with van der Waals surface area (Å²) in [4.78, 5) is 12.0. The van der Waals surface area contributed by atoms with Gasteiger partial charge in [-0.3, -0.25) is 4.79 Å². The van der Waals surface area contributed by atoms with Crippen LogP contribution < -0.4 is 0 Å². The van der Waals surface area contributed by atoms with Gasteiger partial charge in [0.15, 0.2) is 0 Å². The molecule has 2 rings (SSSR count). The van der Waals surface area contributed by atoms with Crippen molar-refractivity contribution in [3.8, 4) is 0 Å². The second-order valence-corrected chi connectivity index (χ2v) is 5.90. The Morgan fingerprint density at radius 1 is 1.33 bits per heavy atom. The number of ether oxygens (including phenoxy) is 1. The molecule has 0 saturated carbocycles. The average Bonchev–Trinajstić information content (AvgIpc) is 2.73. The van der Waals surface area contributed by atoms with Crippen molar-refractivity contribution in [3.05, 3.63) is 42.1 Å². The summed E-state index contributed by atoms with van der Waals surface area (Å²) in [6, 6.07) is 7.86. The molecule has 1 N–H and O–H groups in total. The largest absolute Gasteiger partial charge is 0.459 e. The van der Waals surface area contributed by atoms with Crippen LogP contribution >= 0.6 is 0 Å². The molecule has 0 bridgehead atoms. The van der Waals surface area contributed by atoms with E-state index in [2.05, 4.69) is 0 Å². The van der Waals surface area contributed by atoms with Crippen molar-refractivity contribution in [2.24, 2.45) is 0 Å². The molecule has 21 heavy (non-hydrogen) atoms. The van der Waals surface area contributed by atoms with Crippen LogP contribution in [0.2, 0.25) is 0 Å². The molecule has 4 heteroatoms. The number of fused-ring (bicyclic) bond motifs is 1. The lowest BCUT2D eigenvalue weighted by Gasteiger charge is -2.19. The van der Waals surface area contributed by atoms with Gasteiger partial charge >= 0.3 is 5.97 Å². The number of benzene rings is 1. The van der Waals surface area contributed by atoms with Crippen LogP contribution in [0.15, 0.2) is 36.5 Å². The van der Waals surface area contributed by atoms with E-state index in [0.29, 0.717) is 0 Å². The minimum atomic E-state index is -0.486. The van der Waals surface area contributed by atoms with Gasteiger partial charge in [-0.2, -0.15) is 0 Å². The Morgan fingerprint density at radius 2 is 2.05 bits per heavy atom. The van der Waals surface area contributed by atoms with E-state index in [1.54, 1.807) is 6.08 Å². The highest BCUT2D eigenvalue weighted by Gasteiger charge is 2.17. The Hall–Kier alpha value is -2.07. The topological polar surface area (TPSA) is 51.5 Å². The number of aliphatic hydroxyl groups excluding tert-OH is 1. The van der Waals surface area contributed by atoms with E-state index in [9.17, 15) is 4.79 Å². The predicted molar refractivity (Wildman–Crippen MR) is 83.9 cm³/mol. The Kier molecular flexibility index (Phi) is 4.48. The third-order valence-corrected chi connectivity index (χ3v) is 2.94. The lowest BCUT2D eigenvalue weighted by Crippen LogP contribution is -2.26. The van der Waals surface area contributed by atoms with Crippen LogP contribution in [-0.4, -0.2) is 27.9 Å². The molecule has 1 aromatic heterocycles. The van der Waals surface area contributed by atoms with E-state index < -0.39 is 5.60 Å². The first kappa shape index (κ1) is 15.3. The molecule has 0 amide bonds. The monoisotopic (exact) mass is 287 g/mol. The van der Waals surface area contributed by atoms with Gasteiger partial charge < -0.3 is 14.4 Å². The molecule has 0 aliphatic carbocycles. The Bertz CT molecular complexity index is 662. The molecular weight excluding hydrogens is 266 g/mol. The maximum absolute atomic E-state index is 12.0. The van der Waals surface area contributed by atoms with E-state index in [1.807, 2.05) is 61.9 Å². The van der Waals surface area contributed by atoms with Gasteiger partial charge in [0.05, 0.1) is 6.61 Å². The molecule has 0 aliphatic rings. The summed E-state index contributed by atoms with van der Waals surface area (Å²) in [6.07, 6.45) is 5.44. The van der Waals surface area contributed by atoms with E-state index in [4.69, 9.17) is 9.84 Å². The van der Waals surface area contributed by atoms with Crippen LogP contribution in [0, 0.1) is 0 Å². The van der Waals surface area contributed by atoms with Crippen LogP contribution in [0.1, 0.15) is 26.3 Å². The molecule has 0 radical (unpaired) electrons. The van der Waals surface area contributed by atoms with Crippen molar-refractivity contribution in [1.29, 1.82) is 0 Å². The summed E-state index contributed by atoms with van der Waals surface area (Å²) in [5.41, 5.74) is 1.46. The first-order valence-corrected chi connectivity index (χ1v) is 6.98. The van der Waals surface area contributed by atoms with Gasteiger partial charge in [0.1, 0.15) is 12.1 Å². The molecule has 4 nitrogen and oxygen atoms in total. The van der Waals surface area contributed by atoms with Crippen molar-refractivity contribution in [3.63, 3.8) is 0 Å². The van der Waals surface area contributed by atoms with Crippen LogP contribution in [0.3, 0.4) is 0 Å². The lowest BCUT2D eigenvalue weighted by atomic mass is 10.1. The van der Waals surface area contributed by atoms with Gasteiger partial charge in [-0.25, -0.2) is 0 Å². The fourth-order valence-electron chi connectivity index (χ4n) is 2.23. The quantitative estimate of drug-likeness (QED) is 0.880. The van der Waals surface area contributed by atoms with E-state index in [0.717, 1.165) is 16.5 Å². The summed E-state index contributed by atoms with van der Waals surface area (Å²) >= 11 is 0. The third-order valence-electron chi connectivity index (χ3n) is 2.94. The zero-order valence-electron chi connectivity index (χ0n) is 12.7. The van der Waals surface area contributed by atoms with Gasteiger partial charge in [-0.15, -0.1) is 0 Å². The maximum atomic E-state index is 12.0. The number of hydrogen-bond acceptors (Lipinski definition) is 3. The molecule has 1 heterocycles. The minimum Gasteiger partial charge on any atom is -0.459 e. The summed E-state index contributed by atoms with van der Waals surface area (Å²) < 4.78 is 7.24. The Balaban J connectivity index is 2.32. The molecular formula is C17H21NO3. The number of aliphatic hydroxyl groups is 1. The number of para-hydroxylation sites is 1. The van der Waals surface area contributed by atoms with E-state index in [-0.39, 0.29) is 19.1 Å². The molecule has 0 saturated heterocycles. The summed E-state index contributed by atoms with van der Waals surface area (Å²) in [6.45, 7) is 5.73. The van der Waals surface area contributed by atoms with Crippen molar-refractivity contribution >= 4 is 22.9 Å². The van der Waals surface area contributed by atoms with E-state index in [1.165, 1.54) is 0 Å². The Labute approximate surface area is 124 Å². The number of rotatable bonds is 4. The second kappa shape index (κ2) is 6.14. The molecule has 112 valence electrons. The standard InChI is InChI=1S/C17H21NO3/c1-17(2,3)21-16(20)12-18-11-13(7-6-10-19)14-8-4-5-9-15(14)18/h4-9,11,19H,10,12H2,1-3H3. The number of carbonyl (C=O) groups is 1. The predicted octanol–water partition coefficient (Wildman–Crippen LogP) is 2.99. The number of carbonyl (C=O) groups excluding carboxylic acids is 1. The van der Waals surface area contributed by atoms with Crippen LogP contribution in [0.4, 0.5) is 0 Å². The summed E-state index contributed by atoms with van der Waals surface area (Å²) in [5.74, 6) is -0.263. The van der Waals surface area contributed by atoms with Crippen molar-refractivity contribution in [1.82, 2.24) is 4.57 Å². The van der Waals surface area contributed by atoms with Gasteiger partial charge in [0, 0.05) is 17.1 Å². The fraction of sp³-hybridized carbons (Fsp3) is 0.353. The SMILES string of the molecule is CC(C)(C)OC(=O)Cn1cc(C=CCO)c2ccccc21. The van der Waals surface area contributed by atoms with Gasteiger partial charge in [0.25, 0.3) is 0 Å². The molecule has 0 spiro atoms. The molecule has 0 unspecified atom stereocenters. The Morgan fingerprint density at radius 3 is 2.71 bits per heavy atom. The highest BCUT2D eigenvalue weighted by atomic mass is 16.6. The molecule has 0 aliphatic heterocycles. The lowest BCUT2D eigenvalue weighted by molar-refractivity contribution is -0.155. The fourth-order valence-corrected chi connectivity index (χ4v) is 2.23. The molecule has 2 aromatic rings. The third kappa shape index (κ3) is 3.95. The number of aromatic nitrogens is 1. The van der Waals surface area contributed by atoms with Crippen LogP contribution in [-0.2, 0) is 16.1 Å². The smallest absolute Gasteiger partial charge is 0.326 e. The first-order chi connectivity index (χ1) is 9.90. The summed E-state index contributed by atoms with van der Waals surface area (Å²) in [7, 11) is 0.